The van der Waals surface area contributed by atoms with Crippen LogP contribution in [-0.2, 0) is 17.6 Å². The van der Waals surface area contributed by atoms with Gasteiger partial charge in [-0.3, -0.25) is 9.59 Å². The van der Waals surface area contributed by atoms with Crippen molar-refractivity contribution in [2.75, 3.05) is 13.6 Å². The largest absolute Gasteiger partial charge is 0.481 e. The van der Waals surface area contributed by atoms with Gasteiger partial charge in [0.25, 0.3) is 5.91 Å². The average molecular weight is 252 g/mol. The summed E-state index contributed by atoms with van der Waals surface area (Å²) < 4.78 is 5.17. The first kappa shape index (κ1) is 12.6. The lowest BCUT2D eigenvalue weighted by Gasteiger charge is -2.16. The second-order valence-corrected chi connectivity index (χ2v) is 4.51. The van der Waals surface area contributed by atoms with Gasteiger partial charge in [-0.05, 0) is 19.3 Å². The van der Waals surface area contributed by atoms with Crippen LogP contribution in [0.3, 0.4) is 0 Å². The van der Waals surface area contributed by atoms with E-state index in [0.29, 0.717) is 5.69 Å². The van der Waals surface area contributed by atoms with E-state index >= 15 is 0 Å². The first-order valence-electron chi connectivity index (χ1n) is 6.04. The van der Waals surface area contributed by atoms with E-state index in [-0.39, 0.29) is 18.9 Å². The average Bonchev–Trinajstić information content (AvgIpc) is 2.78. The summed E-state index contributed by atoms with van der Waals surface area (Å²) in [6.07, 6.45) is 3.67. The van der Waals surface area contributed by atoms with Crippen LogP contribution in [-0.4, -0.2) is 40.6 Å². The van der Waals surface area contributed by atoms with Crippen LogP contribution < -0.4 is 0 Å². The van der Waals surface area contributed by atoms with Gasteiger partial charge in [0.15, 0.2) is 5.69 Å². The summed E-state index contributed by atoms with van der Waals surface area (Å²) in [6.45, 7) is 0.176. The van der Waals surface area contributed by atoms with Crippen LogP contribution in [0.25, 0.3) is 0 Å². The van der Waals surface area contributed by atoms with E-state index < -0.39 is 5.97 Å². The molecule has 0 fully saturated rings. The third kappa shape index (κ3) is 2.52. The number of nitrogens with zero attached hydrogens (tertiary/aromatic N) is 2. The Bertz CT molecular complexity index is 467. The molecule has 0 bridgehead atoms. The highest BCUT2D eigenvalue weighted by Crippen LogP contribution is 2.24. The predicted molar refractivity (Wildman–Crippen MR) is 62.4 cm³/mol. The Balaban J connectivity index is 2.08. The Kier molecular flexibility index (Phi) is 3.64. The monoisotopic (exact) mass is 252 g/mol. The zero-order chi connectivity index (χ0) is 13.1. The molecule has 6 nitrogen and oxygen atoms in total. The lowest BCUT2D eigenvalue weighted by atomic mass is 9.96. The van der Waals surface area contributed by atoms with Gasteiger partial charge in [0.2, 0.25) is 0 Å². The molecule has 1 heterocycles. The Morgan fingerprint density at radius 1 is 1.39 bits per heavy atom. The number of amides is 1. The number of hydrogen-bond donors (Lipinski definition) is 1. The van der Waals surface area contributed by atoms with Crippen LogP contribution in [0.5, 0.6) is 0 Å². The highest BCUT2D eigenvalue weighted by atomic mass is 16.5. The lowest BCUT2D eigenvalue weighted by Crippen LogP contribution is -2.30. The number of aryl methyl sites for hydroxylation is 1. The van der Waals surface area contributed by atoms with E-state index in [9.17, 15) is 9.59 Å². The summed E-state index contributed by atoms with van der Waals surface area (Å²) >= 11 is 0. The van der Waals surface area contributed by atoms with Crippen molar-refractivity contribution < 1.29 is 19.2 Å². The molecular formula is C12H16N2O4. The predicted octanol–water partition coefficient (Wildman–Crippen LogP) is 1.10. The summed E-state index contributed by atoms with van der Waals surface area (Å²) in [5, 5.41) is 12.4. The fourth-order valence-corrected chi connectivity index (χ4v) is 2.10. The fourth-order valence-electron chi connectivity index (χ4n) is 2.10. The minimum absolute atomic E-state index is 0.0672. The Morgan fingerprint density at radius 3 is 2.83 bits per heavy atom. The second kappa shape index (κ2) is 5.20. The molecule has 0 radical (unpaired) electrons. The molecule has 0 saturated carbocycles. The van der Waals surface area contributed by atoms with Crippen LogP contribution in [0.2, 0.25) is 0 Å². The number of carbonyl (C=O) groups excluding carboxylic acids is 1. The smallest absolute Gasteiger partial charge is 0.305 e. The Morgan fingerprint density at radius 2 is 2.11 bits per heavy atom. The molecule has 0 spiro atoms. The van der Waals surface area contributed by atoms with Crippen molar-refractivity contribution in [3.05, 3.63) is 17.0 Å². The molecule has 98 valence electrons. The third-order valence-electron chi connectivity index (χ3n) is 3.16. The standard InChI is InChI=1S/C12H16N2O4/c1-14(7-6-10(15)16)12(17)11-8-4-2-3-5-9(8)18-13-11/h2-7H2,1H3,(H,15,16). The zero-order valence-electron chi connectivity index (χ0n) is 10.3. The van der Waals surface area contributed by atoms with E-state index in [2.05, 4.69) is 5.16 Å². The fraction of sp³-hybridized carbons (Fsp3) is 0.583. The van der Waals surface area contributed by atoms with Crippen molar-refractivity contribution in [2.45, 2.75) is 32.1 Å². The molecule has 0 aromatic carbocycles. The maximum Gasteiger partial charge on any atom is 0.305 e. The van der Waals surface area contributed by atoms with Crippen molar-refractivity contribution in [3.8, 4) is 0 Å². The maximum absolute atomic E-state index is 12.1. The van der Waals surface area contributed by atoms with Crippen LogP contribution in [0.15, 0.2) is 4.52 Å². The van der Waals surface area contributed by atoms with Crippen molar-refractivity contribution in [1.82, 2.24) is 10.1 Å². The molecule has 1 N–H and O–H groups in total. The van der Waals surface area contributed by atoms with Crippen molar-refractivity contribution in [1.29, 1.82) is 0 Å². The molecule has 1 aliphatic carbocycles. The highest BCUT2D eigenvalue weighted by Gasteiger charge is 2.25. The van der Waals surface area contributed by atoms with E-state index in [1.807, 2.05) is 0 Å². The van der Waals surface area contributed by atoms with Gasteiger partial charge in [0.1, 0.15) is 5.76 Å². The third-order valence-corrected chi connectivity index (χ3v) is 3.16. The summed E-state index contributed by atoms with van der Waals surface area (Å²) in [7, 11) is 1.58. The van der Waals surface area contributed by atoms with Gasteiger partial charge in [-0.15, -0.1) is 0 Å². The van der Waals surface area contributed by atoms with E-state index in [0.717, 1.165) is 37.0 Å². The van der Waals surface area contributed by atoms with E-state index in [1.54, 1.807) is 7.05 Å². The number of carboxylic acid groups (broad SMARTS) is 1. The summed E-state index contributed by atoms with van der Waals surface area (Å²) in [6, 6.07) is 0. The lowest BCUT2D eigenvalue weighted by molar-refractivity contribution is -0.137. The van der Waals surface area contributed by atoms with Crippen LogP contribution in [0.4, 0.5) is 0 Å². The number of aliphatic carboxylic acids is 1. The van der Waals surface area contributed by atoms with Gasteiger partial charge in [-0.1, -0.05) is 5.16 Å². The maximum atomic E-state index is 12.1. The van der Waals surface area contributed by atoms with Gasteiger partial charge in [0, 0.05) is 25.6 Å². The zero-order valence-corrected chi connectivity index (χ0v) is 10.3. The van der Waals surface area contributed by atoms with Gasteiger partial charge in [-0.25, -0.2) is 0 Å². The molecular weight excluding hydrogens is 236 g/mol. The molecule has 1 aromatic heterocycles. The molecule has 0 aliphatic heterocycles. The molecule has 2 rings (SSSR count). The molecule has 1 aromatic rings. The number of fused-ring (bicyclic) bond motifs is 1. The number of carboxylic acids is 1. The summed E-state index contributed by atoms with van der Waals surface area (Å²) in [4.78, 5) is 24.0. The SMILES string of the molecule is CN(CCC(=O)O)C(=O)c1noc2c1CCCC2. The molecule has 1 aliphatic rings. The minimum Gasteiger partial charge on any atom is -0.481 e. The van der Waals surface area contributed by atoms with Crippen LogP contribution >= 0.6 is 0 Å². The number of rotatable bonds is 4. The van der Waals surface area contributed by atoms with Crippen molar-refractivity contribution in [2.24, 2.45) is 0 Å². The highest BCUT2D eigenvalue weighted by molar-refractivity contribution is 5.93. The van der Waals surface area contributed by atoms with Crippen molar-refractivity contribution >= 4 is 11.9 Å². The summed E-state index contributed by atoms with van der Waals surface area (Å²) in [5.41, 5.74) is 1.24. The van der Waals surface area contributed by atoms with Crippen LogP contribution in [0.1, 0.15) is 41.1 Å². The molecule has 18 heavy (non-hydrogen) atoms. The summed E-state index contributed by atoms with van der Waals surface area (Å²) in [5.74, 6) is -0.379. The first-order chi connectivity index (χ1) is 8.59. The van der Waals surface area contributed by atoms with Gasteiger partial charge < -0.3 is 14.5 Å². The van der Waals surface area contributed by atoms with Crippen LogP contribution in [0, 0.1) is 0 Å². The number of carbonyl (C=O) groups is 2. The van der Waals surface area contributed by atoms with Gasteiger partial charge >= 0.3 is 5.97 Å². The van der Waals surface area contributed by atoms with Gasteiger partial charge in [0.05, 0.1) is 6.42 Å². The molecule has 1 amide bonds. The quantitative estimate of drug-likeness (QED) is 0.867. The Labute approximate surface area is 105 Å². The number of aromatic nitrogens is 1. The molecule has 0 atom stereocenters. The van der Waals surface area contributed by atoms with Gasteiger partial charge in [-0.2, -0.15) is 0 Å². The minimum atomic E-state index is -0.920. The molecule has 0 saturated heterocycles. The first-order valence-corrected chi connectivity index (χ1v) is 6.04. The van der Waals surface area contributed by atoms with Crippen molar-refractivity contribution in [3.63, 3.8) is 0 Å². The topological polar surface area (TPSA) is 83.6 Å². The Hall–Kier alpha value is -1.85. The number of hydrogen-bond acceptors (Lipinski definition) is 4. The van der Waals surface area contributed by atoms with E-state index in [4.69, 9.17) is 9.63 Å². The molecule has 0 unspecified atom stereocenters. The molecule has 6 heteroatoms. The van der Waals surface area contributed by atoms with E-state index in [1.165, 1.54) is 4.90 Å². The second-order valence-electron chi connectivity index (χ2n) is 4.51. The normalized spacial score (nSPS) is 14.1.